The molecule has 1 unspecified atom stereocenters. The fourth-order valence-electron chi connectivity index (χ4n) is 3.45. The summed E-state index contributed by atoms with van der Waals surface area (Å²) in [5.74, 6) is -1.48. The number of phenols is 1. The number of amides is 1. The molecule has 160 valence electrons. The second-order valence-corrected chi connectivity index (χ2v) is 8.48. The number of carbonyl (C=O) groups is 3. The molecule has 1 aromatic carbocycles. The number of aryl methyl sites for hydroxylation is 1. The van der Waals surface area contributed by atoms with E-state index in [0.29, 0.717) is 22.0 Å². The van der Waals surface area contributed by atoms with E-state index in [9.17, 15) is 19.5 Å². The lowest BCUT2D eigenvalue weighted by Gasteiger charge is -2.18. The summed E-state index contributed by atoms with van der Waals surface area (Å²) in [7, 11) is 0. The van der Waals surface area contributed by atoms with Gasteiger partial charge < -0.3 is 19.9 Å². The molecule has 8 heteroatoms. The molecule has 0 saturated carbocycles. The number of aromatic hydroxyl groups is 1. The van der Waals surface area contributed by atoms with E-state index in [4.69, 9.17) is 9.47 Å². The van der Waals surface area contributed by atoms with Crippen molar-refractivity contribution in [2.45, 2.75) is 40.0 Å². The molecule has 1 aliphatic rings. The van der Waals surface area contributed by atoms with Gasteiger partial charge in [0.05, 0.1) is 12.2 Å². The third-order valence-electron chi connectivity index (χ3n) is 5.04. The zero-order valence-electron chi connectivity index (χ0n) is 17.2. The highest BCUT2D eigenvalue weighted by molar-refractivity contribution is 7.17. The van der Waals surface area contributed by atoms with Gasteiger partial charge in [0.2, 0.25) is 0 Å². The van der Waals surface area contributed by atoms with Gasteiger partial charge >= 0.3 is 11.9 Å². The zero-order valence-corrected chi connectivity index (χ0v) is 18.1. The molecule has 1 heterocycles. The molecule has 1 aromatic heterocycles. The number of ether oxygens (including phenoxy) is 2. The Bertz CT molecular complexity index is 980. The molecule has 1 aliphatic carbocycles. The first kappa shape index (κ1) is 21.8. The van der Waals surface area contributed by atoms with Crippen LogP contribution in [-0.2, 0) is 27.1 Å². The number of nitrogens with one attached hydrogen (secondary N) is 1. The topological polar surface area (TPSA) is 102 Å². The highest BCUT2D eigenvalue weighted by Gasteiger charge is 2.29. The summed E-state index contributed by atoms with van der Waals surface area (Å²) in [5, 5.41) is 13.1. The molecule has 0 aliphatic heterocycles. The minimum Gasteiger partial charge on any atom is -0.507 e. The number of esters is 2. The van der Waals surface area contributed by atoms with Crippen molar-refractivity contribution in [2.75, 3.05) is 18.5 Å². The Labute approximate surface area is 179 Å². The van der Waals surface area contributed by atoms with Gasteiger partial charge in [-0.2, -0.15) is 0 Å². The first-order valence-corrected chi connectivity index (χ1v) is 10.7. The van der Waals surface area contributed by atoms with Gasteiger partial charge in [0.25, 0.3) is 5.91 Å². The molecule has 7 nitrogen and oxygen atoms in total. The van der Waals surface area contributed by atoms with Crippen molar-refractivity contribution in [2.24, 2.45) is 5.92 Å². The summed E-state index contributed by atoms with van der Waals surface area (Å²) in [6.07, 6.45) is 2.59. The van der Waals surface area contributed by atoms with E-state index in [0.717, 1.165) is 29.7 Å². The fourth-order valence-corrected chi connectivity index (χ4v) is 4.87. The molecule has 2 aromatic rings. The first-order valence-electron chi connectivity index (χ1n) is 9.89. The van der Waals surface area contributed by atoms with Crippen LogP contribution >= 0.6 is 11.3 Å². The van der Waals surface area contributed by atoms with Crippen molar-refractivity contribution >= 4 is 34.2 Å². The summed E-state index contributed by atoms with van der Waals surface area (Å²) in [6, 6.07) is 4.71. The Hall–Kier alpha value is -2.87. The van der Waals surface area contributed by atoms with Crippen LogP contribution in [0, 0.1) is 12.8 Å². The molecule has 3 rings (SSSR count). The van der Waals surface area contributed by atoms with Gasteiger partial charge in [-0.15, -0.1) is 11.3 Å². The second kappa shape index (κ2) is 9.30. The van der Waals surface area contributed by atoms with Crippen LogP contribution in [0.25, 0.3) is 0 Å². The summed E-state index contributed by atoms with van der Waals surface area (Å²) in [6.45, 7) is 5.26. The average Bonchev–Trinajstić information content (AvgIpc) is 3.05. The van der Waals surface area contributed by atoms with E-state index in [1.807, 2.05) is 0 Å². The number of anilines is 1. The van der Waals surface area contributed by atoms with E-state index in [1.165, 1.54) is 17.4 Å². The Balaban J connectivity index is 1.72. The normalized spacial score (nSPS) is 15.2. The number of phenolic OH excluding ortho intramolecular Hbond substituents is 1. The van der Waals surface area contributed by atoms with Crippen LogP contribution in [-0.4, -0.2) is 36.2 Å². The van der Waals surface area contributed by atoms with Gasteiger partial charge in [-0.1, -0.05) is 19.1 Å². The lowest BCUT2D eigenvalue weighted by molar-refractivity contribution is -0.119. The van der Waals surface area contributed by atoms with Crippen molar-refractivity contribution in [3.63, 3.8) is 0 Å². The monoisotopic (exact) mass is 431 g/mol. The Kier molecular flexibility index (Phi) is 6.77. The minimum absolute atomic E-state index is 0.00409. The lowest BCUT2D eigenvalue weighted by Crippen LogP contribution is -2.22. The van der Waals surface area contributed by atoms with Gasteiger partial charge in [-0.05, 0) is 56.2 Å². The van der Waals surface area contributed by atoms with Crippen molar-refractivity contribution in [3.05, 3.63) is 45.3 Å². The van der Waals surface area contributed by atoms with Gasteiger partial charge in [0, 0.05) is 4.88 Å². The van der Waals surface area contributed by atoms with Crippen LogP contribution in [0.5, 0.6) is 5.75 Å². The Morgan fingerprint density at radius 2 is 2.00 bits per heavy atom. The highest BCUT2D eigenvalue weighted by atomic mass is 32.1. The van der Waals surface area contributed by atoms with Gasteiger partial charge in [0.1, 0.15) is 16.3 Å². The van der Waals surface area contributed by atoms with Gasteiger partial charge in [-0.25, -0.2) is 9.59 Å². The maximum absolute atomic E-state index is 12.5. The number of thiophene rings is 1. The number of para-hydroxylation sites is 1. The van der Waals surface area contributed by atoms with Crippen molar-refractivity contribution in [3.8, 4) is 5.75 Å². The van der Waals surface area contributed by atoms with E-state index >= 15 is 0 Å². The van der Waals surface area contributed by atoms with E-state index in [1.54, 1.807) is 26.0 Å². The zero-order chi connectivity index (χ0) is 21.8. The molecule has 1 atom stereocenters. The van der Waals surface area contributed by atoms with Crippen molar-refractivity contribution < 1.29 is 29.0 Å². The Morgan fingerprint density at radius 3 is 2.73 bits per heavy atom. The number of benzene rings is 1. The largest absolute Gasteiger partial charge is 0.507 e. The predicted molar refractivity (Wildman–Crippen MR) is 113 cm³/mol. The van der Waals surface area contributed by atoms with Crippen LogP contribution in [0.2, 0.25) is 0 Å². The molecule has 1 amide bonds. The van der Waals surface area contributed by atoms with E-state index in [2.05, 4.69) is 12.2 Å². The average molecular weight is 432 g/mol. The maximum Gasteiger partial charge on any atom is 0.342 e. The van der Waals surface area contributed by atoms with E-state index in [-0.39, 0.29) is 17.9 Å². The van der Waals surface area contributed by atoms with Crippen LogP contribution in [0.15, 0.2) is 18.2 Å². The summed E-state index contributed by atoms with van der Waals surface area (Å²) < 4.78 is 10.2. The maximum atomic E-state index is 12.5. The third-order valence-corrected chi connectivity index (χ3v) is 6.21. The van der Waals surface area contributed by atoms with Crippen molar-refractivity contribution in [1.29, 1.82) is 0 Å². The first-order chi connectivity index (χ1) is 14.3. The van der Waals surface area contributed by atoms with Crippen molar-refractivity contribution in [1.82, 2.24) is 0 Å². The minimum atomic E-state index is -0.795. The number of rotatable bonds is 6. The van der Waals surface area contributed by atoms with E-state index < -0.39 is 24.5 Å². The number of hydrogen-bond acceptors (Lipinski definition) is 7. The molecule has 0 saturated heterocycles. The molecule has 0 fully saturated rings. The Morgan fingerprint density at radius 1 is 1.23 bits per heavy atom. The van der Waals surface area contributed by atoms with Crippen LogP contribution < -0.4 is 5.32 Å². The quantitative estimate of drug-likeness (QED) is 0.674. The molecule has 0 spiro atoms. The number of hydrogen-bond donors (Lipinski definition) is 2. The van der Waals surface area contributed by atoms with Gasteiger partial charge in [-0.3, -0.25) is 4.79 Å². The highest BCUT2D eigenvalue weighted by Crippen LogP contribution is 2.40. The molecule has 0 radical (unpaired) electrons. The summed E-state index contributed by atoms with van der Waals surface area (Å²) in [4.78, 5) is 38.2. The van der Waals surface area contributed by atoms with Crippen LogP contribution in [0.1, 0.15) is 57.0 Å². The third kappa shape index (κ3) is 4.64. The van der Waals surface area contributed by atoms with Gasteiger partial charge in [0.15, 0.2) is 6.61 Å². The molecule has 0 bridgehead atoms. The fraction of sp³-hybridized carbons (Fsp3) is 0.409. The summed E-state index contributed by atoms with van der Waals surface area (Å²) in [5.41, 5.74) is 1.87. The predicted octanol–water partition coefficient (Wildman–Crippen LogP) is 3.86. The number of carbonyl (C=O) groups excluding carboxylic acids is 3. The SMILES string of the molecule is CCOC(=O)c1c(NC(=O)COC(=O)c2cccc(C)c2O)sc2c1CCC(C)C2. The van der Waals surface area contributed by atoms with Crippen LogP contribution in [0.4, 0.5) is 5.00 Å². The molecule has 2 N–H and O–H groups in total. The lowest BCUT2D eigenvalue weighted by atomic mass is 9.88. The number of fused-ring (bicyclic) bond motifs is 1. The van der Waals surface area contributed by atoms with Crippen LogP contribution in [0.3, 0.4) is 0 Å². The smallest absolute Gasteiger partial charge is 0.342 e. The molecular weight excluding hydrogens is 406 g/mol. The second-order valence-electron chi connectivity index (χ2n) is 7.37. The molecule has 30 heavy (non-hydrogen) atoms. The molecular formula is C22H25NO6S. The standard InChI is InChI=1S/C22H25NO6S/c1-4-28-22(27)18-14-9-8-12(2)10-16(14)30-20(18)23-17(24)11-29-21(26)15-7-5-6-13(3)19(15)25/h5-7,12,25H,4,8-11H2,1-3H3,(H,23,24). The summed E-state index contributed by atoms with van der Waals surface area (Å²) >= 11 is 1.37.